The maximum atomic E-state index is 11.1. The lowest BCUT2D eigenvalue weighted by Crippen LogP contribution is -2.12. The first-order valence-electron chi connectivity index (χ1n) is 4.04. The van der Waals surface area contributed by atoms with E-state index in [9.17, 15) is 4.79 Å². The molecule has 1 nitrogen and oxygen atoms in total. The number of Topliss-reactive ketones (excluding diaryl/α,β-unsaturated/α-hetero) is 1. The van der Waals surface area contributed by atoms with Crippen LogP contribution in [0.2, 0.25) is 0 Å². The highest BCUT2D eigenvalue weighted by Gasteiger charge is 2.14. The number of rotatable bonds is 2. The fourth-order valence-corrected chi connectivity index (χ4v) is 1.34. The van der Waals surface area contributed by atoms with Gasteiger partial charge < -0.3 is 0 Å². The molecule has 10 heavy (non-hydrogen) atoms. The molecule has 0 heterocycles. The van der Waals surface area contributed by atoms with Gasteiger partial charge in [0, 0.05) is 12.3 Å². The molecular weight excluding hydrogens is 124 g/mol. The van der Waals surface area contributed by atoms with Crippen LogP contribution >= 0.6 is 0 Å². The van der Waals surface area contributed by atoms with E-state index in [-0.39, 0.29) is 5.92 Å². The zero-order valence-corrected chi connectivity index (χ0v) is 6.47. The zero-order chi connectivity index (χ0) is 7.40. The Balaban J connectivity index is 2.46. The molecule has 1 atom stereocenters. The van der Waals surface area contributed by atoms with Gasteiger partial charge in [0.2, 0.25) is 0 Å². The van der Waals surface area contributed by atoms with Crippen molar-refractivity contribution < 1.29 is 4.79 Å². The van der Waals surface area contributed by atoms with Gasteiger partial charge in [-0.05, 0) is 19.3 Å². The van der Waals surface area contributed by atoms with Crippen LogP contribution in [0.5, 0.6) is 0 Å². The monoisotopic (exact) mass is 138 g/mol. The van der Waals surface area contributed by atoms with Crippen LogP contribution in [0.25, 0.3) is 0 Å². The van der Waals surface area contributed by atoms with E-state index in [2.05, 4.69) is 12.2 Å². The molecule has 56 valence electrons. The third-order valence-corrected chi connectivity index (χ3v) is 2.02. The van der Waals surface area contributed by atoms with Gasteiger partial charge in [0.25, 0.3) is 0 Å². The number of allylic oxidation sites excluding steroid dienone is 2. The lowest BCUT2D eigenvalue weighted by molar-refractivity contribution is -0.121. The summed E-state index contributed by atoms with van der Waals surface area (Å²) >= 11 is 0. The number of hydrogen-bond donors (Lipinski definition) is 0. The van der Waals surface area contributed by atoms with Gasteiger partial charge >= 0.3 is 0 Å². The molecule has 0 saturated heterocycles. The summed E-state index contributed by atoms with van der Waals surface area (Å²) in [4.78, 5) is 11.1. The second-order valence-electron chi connectivity index (χ2n) is 2.79. The molecule has 0 spiro atoms. The largest absolute Gasteiger partial charge is 0.299 e. The summed E-state index contributed by atoms with van der Waals surface area (Å²) in [7, 11) is 0. The number of carbonyl (C=O) groups is 1. The Labute approximate surface area is 62.1 Å². The fourth-order valence-electron chi connectivity index (χ4n) is 1.34. The van der Waals surface area contributed by atoms with Crippen molar-refractivity contribution in [1.29, 1.82) is 0 Å². The molecule has 0 aromatic heterocycles. The van der Waals surface area contributed by atoms with E-state index in [1.54, 1.807) is 0 Å². The Morgan fingerprint density at radius 2 is 2.50 bits per heavy atom. The van der Waals surface area contributed by atoms with Crippen LogP contribution in [0.3, 0.4) is 0 Å². The standard InChI is InChI=1S/C9H14O/c1-2-9(10)8-6-4-3-5-7-8/h4,6,8H,2-3,5,7H2,1H3. The van der Waals surface area contributed by atoms with Gasteiger partial charge in [-0.25, -0.2) is 0 Å². The number of ketones is 1. The zero-order valence-electron chi connectivity index (χ0n) is 6.47. The molecule has 0 aliphatic heterocycles. The summed E-state index contributed by atoms with van der Waals surface area (Å²) in [5.74, 6) is 0.648. The molecule has 0 N–H and O–H groups in total. The second-order valence-corrected chi connectivity index (χ2v) is 2.79. The van der Waals surface area contributed by atoms with Crippen LogP contribution in [0.1, 0.15) is 32.6 Å². The van der Waals surface area contributed by atoms with Crippen molar-refractivity contribution in [3.63, 3.8) is 0 Å². The van der Waals surface area contributed by atoms with Crippen LogP contribution in [0, 0.1) is 5.92 Å². The predicted molar refractivity (Wildman–Crippen MR) is 41.8 cm³/mol. The molecule has 1 rings (SSSR count). The van der Waals surface area contributed by atoms with Crippen molar-refractivity contribution in [1.82, 2.24) is 0 Å². The minimum absolute atomic E-state index is 0.249. The van der Waals surface area contributed by atoms with E-state index in [0.717, 1.165) is 12.8 Å². The van der Waals surface area contributed by atoms with Crippen molar-refractivity contribution in [2.75, 3.05) is 0 Å². The summed E-state index contributed by atoms with van der Waals surface area (Å²) in [6.07, 6.45) is 8.30. The molecule has 0 amide bonds. The average Bonchev–Trinajstić information content (AvgIpc) is 2.05. The van der Waals surface area contributed by atoms with Crippen LogP contribution in [-0.2, 0) is 4.79 Å². The highest BCUT2D eigenvalue weighted by atomic mass is 16.1. The lowest BCUT2D eigenvalue weighted by atomic mass is 9.91. The molecule has 1 aliphatic carbocycles. The van der Waals surface area contributed by atoms with E-state index in [4.69, 9.17) is 0 Å². The van der Waals surface area contributed by atoms with Gasteiger partial charge in [-0.1, -0.05) is 19.1 Å². The first kappa shape index (κ1) is 7.52. The Hall–Kier alpha value is -0.590. The molecule has 1 heteroatoms. The SMILES string of the molecule is CCC(=O)C1C=CCCC1. The third kappa shape index (κ3) is 1.69. The van der Waals surface area contributed by atoms with Crippen molar-refractivity contribution >= 4 is 5.78 Å². The normalized spacial score (nSPS) is 24.7. The van der Waals surface area contributed by atoms with E-state index in [1.807, 2.05) is 6.92 Å². The highest BCUT2D eigenvalue weighted by molar-refractivity contribution is 5.82. The summed E-state index contributed by atoms with van der Waals surface area (Å²) in [5, 5.41) is 0. The number of hydrogen-bond acceptors (Lipinski definition) is 1. The molecule has 0 radical (unpaired) electrons. The summed E-state index contributed by atoms with van der Waals surface area (Å²) in [6, 6.07) is 0. The fraction of sp³-hybridized carbons (Fsp3) is 0.667. The number of carbonyl (C=O) groups excluding carboxylic acids is 1. The smallest absolute Gasteiger partial charge is 0.139 e. The second kappa shape index (κ2) is 3.55. The van der Waals surface area contributed by atoms with E-state index in [1.165, 1.54) is 6.42 Å². The minimum atomic E-state index is 0.249. The summed E-state index contributed by atoms with van der Waals surface area (Å²) in [5.41, 5.74) is 0. The first-order valence-corrected chi connectivity index (χ1v) is 4.04. The van der Waals surface area contributed by atoms with Gasteiger partial charge in [-0.2, -0.15) is 0 Å². The van der Waals surface area contributed by atoms with E-state index >= 15 is 0 Å². The van der Waals surface area contributed by atoms with Gasteiger partial charge in [0.1, 0.15) is 5.78 Å². The molecule has 0 aromatic rings. The molecule has 1 unspecified atom stereocenters. The van der Waals surface area contributed by atoms with Crippen LogP contribution in [0.4, 0.5) is 0 Å². The molecule has 1 aliphatic rings. The minimum Gasteiger partial charge on any atom is -0.299 e. The first-order chi connectivity index (χ1) is 4.84. The Kier molecular flexibility index (Phi) is 2.67. The molecular formula is C9H14O. The maximum Gasteiger partial charge on any atom is 0.139 e. The van der Waals surface area contributed by atoms with Crippen LogP contribution < -0.4 is 0 Å². The van der Waals surface area contributed by atoms with Crippen LogP contribution in [-0.4, -0.2) is 5.78 Å². The Morgan fingerprint density at radius 3 is 3.00 bits per heavy atom. The van der Waals surface area contributed by atoms with Crippen molar-refractivity contribution in [3.05, 3.63) is 12.2 Å². The van der Waals surface area contributed by atoms with E-state index < -0.39 is 0 Å². The molecule has 0 aromatic carbocycles. The predicted octanol–water partition coefficient (Wildman–Crippen LogP) is 2.32. The molecule has 0 fully saturated rings. The Bertz CT molecular complexity index is 147. The van der Waals surface area contributed by atoms with Gasteiger partial charge in [0.05, 0.1) is 0 Å². The average molecular weight is 138 g/mol. The van der Waals surface area contributed by atoms with Gasteiger partial charge in [-0.3, -0.25) is 4.79 Å². The van der Waals surface area contributed by atoms with Gasteiger partial charge in [0.15, 0.2) is 0 Å². The van der Waals surface area contributed by atoms with Crippen molar-refractivity contribution in [2.45, 2.75) is 32.6 Å². The van der Waals surface area contributed by atoms with Crippen LogP contribution in [0.15, 0.2) is 12.2 Å². The third-order valence-electron chi connectivity index (χ3n) is 2.02. The summed E-state index contributed by atoms with van der Waals surface area (Å²) < 4.78 is 0. The maximum absolute atomic E-state index is 11.1. The van der Waals surface area contributed by atoms with Gasteiger partial charge in [-0.15, -0.1) is 0 Å². The van der Waals surface area contributed by atoms with E-state index in [0.29, 0.717) is 12.2 Å². The Morgan fingerprint density at radius 1 is 1.70 bits per heavy atom. The molecule has 0 bridgehead atoms. The highest BCUT2D eigenvalue weighted by Crippen LogP contribution is 2.18. The van der Waals surface area contributed by atoms with Crippen molar-refractivity contribution in [3.8, 4) is 0 Å². The summed E-state index contributed by atoms with van der Waals surface area (Å²) in [6.45, 7) is 1.94. The topological polar surface area (TPSA) is 17.1 Å². The quantitative estimate of drug-likeness (QED) is 0.535. The molecule has 0 saturated carbocycles. The van der Waals surface area contributed by atoms with Crippen molar-refractivity contribution in [2.24, 2.45) is 5.92 Å². The lowest BCUT2D eigenvalue weighted by Gasteiger charge is -2.13.